The Hall–Kier alpha value is -2.03. The van der Waals surface area contributed by atoms with E-state index in [1.165, 1.54) is 5.56 Å². The Kier molecular flexibility index (Phi) is 4.43. The summed E-state index contributed by atoms with van der Waals surface area (Å²) < 4.78 is 0. The van der Waals surface area contributed by atoms with Gasteiger partial charge < -0.3 is 10.6 Å². The van der Waals surface area contributed by atoms with Gasteiger partial charge in [-0.3, -0.25) is 4.79 Å². The zero-order chi connectivity index (χ0) is 17.3. The van der Waals surface area contributed by atoms with Crippen LogP contribution in [0.15, 0.2) is 48.7 Å². The maximum atomic E-state index is 13.0. The molecule has 1 aromatic carbocycles. The molecule has 1 amide bonds. The van der Waals surface area contributed by atoms with Gasteiger partial charge >= 0.3 is 0 Å². The summed E-state index contributed by atoms with van der Waals surface area (Å²) in [4.78, 5) is 13.0. The molecule has 124 valence electrons. The third kappa shape index (κ3) is 3.49. The molecule has 0 spiro atoms. The van der Waals surface area contributed by atoms with Crippen LogP contribution < -0.4 is 10.6 Å². The van der Waals surface area contributed by atoms with E-state index in [4.69, 9.17) is 0 Å². The van der Waals surface area contributed by atoms with Gasteiger partial charge in [-0.25, -0.2) is 0 Å². The monoisotopic (exact) mass is 312 g/mol. The molecule has 0 saturated heterocycles. The Labute approximate surface area is 139 Å². The van der Waals surface area contributed by atoms with E-state index in [9.17, 15) is 4.79 Å². The van der Waals surface area contributed by atoms with Crippen molar-refractivity contribution in [1.82, 2.24) is 5.32 Å². The quantitative estimate of drug-likeness (QED) is 0.851. The van der Waals surface area contributed by atoms with Crippen LogP contribution in [-0.2, 0) is 10.2 Å². The fourth-order valence-electron chi connectivity index (χ4n) is 2.71. The minimum absolute atomic E-state index is 0.0471. The Bertz CT molecular complexity index is 627. The number of benzene rings is 1. The van der Waals surface area contributed by atoms with Gasteiger partial charge in [0.2, 0.25) is 0 Å². The fourth-order valence-corrected chi connectivity index (χ4v) is 2.71. The summed E-state index contributed by atoms with van der Waals surface area (Å²) in [6.07, 6.45) is 7.58. The molecule has 3 heteroatoms. The molecule has 0 aliphatic carbocycles. The number of carbonyl (C=O) groups excluding carboxylic acids is 1. The highest BCUT2D eigenvalue weighted by atomic mass is 16.2. The third-order valence-electron chi connectivity index (χ3n) is 4.41. The molecule has 0 aromatic heterocycles. The number of amides is 1. The first kappa shape index (κ1) is 17.3. The number of carbonyl (C=O) groups is 1. The van der Waals surface area contributed by atoms with Gasteiger partial charge in [-0.15, -0.1) is 0 Å². The highest BCUT2D eigenvalue weighted by molar-refractivity contribution is 6.00. The molecule has 1 aliphatic rings. The number of nitrogens with one attached hydrogen (secondary N) is 2. The lowest BCUT2D eigenvalue weighted by atomic mass is 9.72. The SMILES string of the molecule is CC(C)(C)c1ccc(NC(=O)C2(C(C)(C)C)C=CC=CN2)cc1. The largest absolute Gasteiger partial charge is 0.374 e. The zero-order valence-electron chi connectivity index (χ0n) is 15.0. The normalized spacial score (nSPS) is 21.0. The maximum absolute atomic E-state index is 13.0. The minimum Gasteiger partial charge on any atom is -0.374 e. The van der Waals surface area contributed by atoms with Crippen molar-refractivity contribution >= 4 is 11.6 Å². The van der Waals surface area contributed by atoms with E-state index in [0.29, 0.717) is 0 Å². The predicted molar refractivity (Wildman–Crippen MR) is 97.4 cm³/mol. The Morgan fingerprint density at radius 1 is 1.00 bits per heavy atom. The van der Waals surface area contributed by atoms with Gasteiger partial charge in [0.1, 0.15) is 5.54 Å². The van der Waals surface area contributed by atoms with Gasteiger partial charge in [-0.1, -0.05) is 59.8 Å². The van der Waals surface area contributed by atoms with Gasteiger partial charge in [0, 0.05) is 5.69 Å². The summed E-state index contributed by atoms with van der Waals surface area (Å²) in [5.74, 6) is -0.0471. The molecule has 1 unspecified atom stereocenters. The van der Waals surface area contributed by atoms with Crippen LogP contribution >= 0.6 is 0 Å². The second-order valence-electron chi connectivity index (χ2n) is 8.20. The molecular formula is C20H28N2O. The molecule has 0 bridgehead atoms. The molecule has 3 nitrogen and oxygen atoms in total. The van der Waals surface area contributed by atoms with Crippen molar-refractivity contribution in [3.05, 3.63) is 54.3 Å². The lowest BCUT2D eigenvalue weighted by Gasteiger charge is -2.42. The molecular weight excluding hydrogens is 284 g/mol. The van der Waals surface area contributed by atoms with E-state index in [0.717, 1.165) is 5.69 Å². The predicted octanol–water partition coefficient (Wildman–Crippen LogP) is 4.38. The second kappa shape index (κ2) is 5.88. The molecule has 0 fully saturated rings. The summed E-state index contributed by atoms with van der Waals surface area (Å²) in [5.41, 5.74) is 1.15. The summed E-state index contributed by atoms with van der Waals surface area (Å²) in [6.45, 7) is 12.7. The smallest absolute Gasteiger partial charge is 0.254 e. The van der Waals surface area contributed by atoms with E-state index >= 15 is 0 Å². The number of hydrogen-bond acceptors (Lipinski definition) is 2. The van der Waals surface area contributed by atoms with Crippen LogP contribution in [0.2, 0.25) is 0 Å². The first-order valence-electron chi connectivity index (χ1n) is 8.10. The molecule has 1 aromatic rings. The van der Waals surface area contributed by atoms with Gasteiger partial charge in [0.05, 0.1) is 0 Å². The molecule has 2 N–H and O–H groups in total. The van der Waals surface area contributed by atoms with Crippen molar-refractivity contribution in [2.24, 2.45) is 5.41 Å². The van der Waals surface area contributed by atoms with Crippen LogP contribution in [0.4, 0.5) is 5.69 Å². The summed E-state index contributed by atoms with van der Waals surface area (Å²) in [6, 6.07) is 8.08. The van der Waals surface area contributed by atoms with Crippen molar-refractivity contribution in [3.8, 4) is 0 Å². The first-order chi connectivity index (χ1) is 10.6. The molecule has 2 rings (SSSR count). The van der Waals surface area contributed by atoms with Gasteiger partial charge in [-0.05, 0) is 46.9 Å². The highest BCUT2D eigenvalue weighted by Crippen LogP contribution is 2.34. The van der Waals surface area contributed by atoms with Crippen LogP contribution in [0.25, 0.3) is 0 Å². The Morgan fingerprint density at radius 2 is 1.61 bits per heavy atom. The summed E-state index contributed by atoms with van der Waals surface area (Å²) in [7, 11) is 0. The van der Waals surface area contributed by atoms with Crippen LogP contribution in [0.1, 0.15) is 47.1 Å². The lowest BCUT2D eigenvalue weighted by molar-refractivity contribution is -0.123. The first-order valence-corrected chi connectivity index (χ1v) is 8.10. The van der Waals surface area contributed by atoms with E-state index in [2.05, 4.69) is 64.3 Å². The zero-order valence-corrected chi connectivity index (χ0v) is 15.0. The van der Waals surface area contributed by atoms with Gasteiger partial charge in [0.25, 0.3) is 5.91 Å². The average Bonchev–Trinajstić information content (AvgIpc) is 2.46. The number of hydrogen-bond donors (Lipinski definition) is 2. The number of dihydropyridines is 1. The number of rotatable bonds is 2. The summed E-state index contributed by atoms with van der Waals surface area (Å²) in [5, 5.41) is 6.30. The van der Waals surface area contributed by atoms with E-state index in [1.54, 1.807) is 0 Å². The van der Waals surface area contributed by atoms with Crippen LogP contribution in [-0.4, -0.2) is 11.4 Å². The maximum Gasteiger partial charge on any atom is 0.254 e. The molecule has 0 saturated carbocycles. The van der Waals surface area contributed by atoms with E-state index < -0.39 is 5.54 Å². The standard InChI is InChI=1S/C20H28N2O/c1-18(2,3)15-9-11-16(12-10-15)22-17(23)20(19(4,5)6)13-7-8-14-21-20/h7-14,21H,1-6H3,(H,22,23). The molecule has 23 heavy (non-hydrogen) atoms. The minimum atomic E-state index is -0.759. The second-order valence-corrected chi connectivity index (χ2v) is 8.20. The molecule has 1 aliphatic heterocycles. The third-order valence-corrected chi connectivity index (χ3v) is 4.41. The van der Waals surface area contributed by atoms with Crippen molar-refractivity contribution < 1.29 is 4.79 Å². The van der Waals surface area contributed by atoms with Gasteiger partial charge in [-0.2, -0.15) is 0 Å². The lowest BCUT2D eigenvalue weighted by Crippen LogP contribution is -2.60. The van der Waals surface area contributed by atoms with E-state index in [-0.39, 0.29) is 16.7 Å². The molecule has 1 heterocycles. The van der Waals surface area contributed by atoms with Crippen LogP contribution in [0.3, 0.4) is 0 Å². The topological polar surface area (TPSA) is 41.1 Å². The van der Waals surface area contributed by atoms with Crippen molar-refractivity contribution in [1.29, 1.82) is 0 Å². The summed E-state index contributed by atoms with van der Waals surface area (Å²) >= 11 is 0. The van der Waals surface area contributed by atoms with Crippen LogP contribution in [0, 0.1) is 5.41 Å². The molecule has 0 radical (unpaired) electrons. The van der Waals surface area contributed by atoms with Crippen molar-refractivity contribution in [2.45, 2.75) is 52.5 Å². The van der Waals surface area contributed by atoms with E-state index in [1.807, 2.05) is 36.6 Å². The number of anilines is 1. The average molecular weight is 312 g/mol. The van der Waals surface area contributed by atoms with Crippen molar-refractivity contribution in [2.75, 3.05) is 5.32 Å². The number of allylic oxidation sites excluding steroid dienone is 2. The Balaban J connectivity index is 2.23. The van der Waals surface area contributed by atoms with Crippen LogP contribution in [0.5, 0.6) is 0 Å². The fraction of sp³-hybridized carbons (Fsp3) is 0.450. The Morgan fingerprint density at radius 3 is 2.04 bits per heavy atom. The molecule has 1 atom stereocenters. The van der Waals surface area contributed by atoms with Crippen molar-refractivity contribution in [3.63, 3.8) is 0 Å². The highest BCUT2D eigenvalue weighted by Gasteiger charge is 2.46. The van der Waals surface area contributed by atoms with Gasteiger partial charge in [0.15, 0.2) is 0 Å².